The molecule has 0 saturated carbocycles. The van der Waals surface area contributed by atoms with Gasteiger partial charge >= 0.3 is 0 Å². The summed E-state index contributed by atoms with van der Waals surface area (Å²) in [6, 6.07) is 5.73. The molecule has 0 N–H and O–H groups in total. The number of thiol groups is 1. The second kappa shape index (κ2) is 3.77. The highest BCUT2D eigenvalue weighted by molar-refractivity contribution is 7.80. The standard InChI is InChI=1S/C11H9NOS/c1-8-12-10-7-9(3-2-6-14)4-5-11(10)13-8/h4-5,7,14H,6H2,1H3. The van der Waals surface area contributed by atoms with Crippen LogP contribution in [0.25, 0.3) is 11.1 Å². The Bertz CT molecular complexity index is 519. The lowest BCUT2D eigenvalue weighted by Gasteiger charge is -1.88. The van der Waals surface area contributed by atoms with Gasteiger partial charge in [-0.1, -0.05) is 11.8 Å². The number of fused-ring (bicyclic) bond motifs is 1. The first-order chi connectivity index (χ1) is 6.79. The van der Waals surface area contributed by atoms with Crippen molar-refractivity contribution in [3.05, 3.63) is 29.7 Å². The molecule has 2 nitrogen and oxygen atoms in total. The monoisotopic (exact) mass is 203 g/mol. The van der Waals surface area contributed by atoms with Crippen LogP contribution in [0.4, 0.5) is 0 Å². The number of hydrogen-bond donors (Lipinski definition) is 1. The lowest BCUT2D eigenvalue weighted by molar-refractivity contribution is 0.561. The molecule has 0 atom stereocenters. The summed E-state index contributed by atoms with van der Waals surface area (Å²) in [5, 5.41) is 0. The highest BCUT2D eigenvalue weighted by atomic mass is 32.1. The average Bonchev–Trinajstić information content (AvgIpc) is 2.54. The quantitative estimate of drug-likeness (QED) is 0.525. The Morgan fingerprint density at radius 2 is 2.36 bits per heavy atom. The van der Waals surface area contributed by atoms with Crippen molar-refractivity contribution < 1.29 is 4.42 Å². The van der Waals surface area contributed by atoms with Crippen LogP contribution in [0, 0.1) is 18.8 Å². The van der Waals surface area contributed by atoms with Crippen LogP contribution in [0.15, 0.2) is 22.6 Å². The maximum Gasteiger partial charge on any atom is 0.192 e. The Hall–Kier alpha value is -1.40. The third kappa shape index (κ3) is 1.75. The van der Waals surface area contributed by atoms with Crippen LogP contribution in [-0.2, 0) is 0 Å². The molecule has 1 heterocycles. The normalized spacial score (nSPS) is 9.86. The minimum absolute atomic E-state index is 0.565. The van der Waals surface area contributed by atoms with Gasteiger partial charge in [0.15, 0.2) is 11.5 Å². The Labute approximate surface area is 87.7 Å². The summed E-state index contributed by atoms with van der Waals surface area (Å²) in [5.41, 5.74) is 2.60. The first kappa shape index (κ1) is 9.17. The minimum atomic E-state index is 0.565. The molecule has 70 valence electrons. The van der Waals surface area contributed by atoms with Crippen molar-refractivity contribution in [2.45, 2.75) is 6.92 Å². The number of oxazole rings is 1. The maximum atomic E-state index is 5.35. The van der Waals surface area contributed by atoms with Gasteiger partial charge in [0.05, 0.1) is 5.75 Å². The van der Waals surface area contributed by atoms with E-state index >= 15 is 0 Å². The lowest BCUT2D eigenvalue weighted by atomic mass is 10.2. The molecule has 0 fully saturated rings. The van der Waals surface area contributed by atoms with Gasteiger partial charge in [-0.25, -0.2) is 4.98 Å². The van der Waals surface area contributed by atoms with E-state index in [4.69, 9.17) is 4.42 Å². The smallest absolute Gasteiger partial charge is 0.192 e. The van der Waals surface area contributed by atoms with Crippen molar-refractivity contribution in [3.63, 3.8) is 0 Å². The third-order valence-corrected chi connectivity index (χ3v) is 1.96. The van der Waals surface area contributed by atoms with E-state index in [0.717, 1.165) is 16.7 Å². The second-order valence-electron chi connectivity index (χ2n) is 2.88. The first-order valence-electron chi connectivity index (χ1n) is 4.26. The van der Waals surface area contributed by atoms with Crippen molar-refractivity contribution in [1.29, 1.82) is 0 Å². The van der Waals surface area contributed by atoms with E-state index in [2.05, 4.69) is 29.5 Å². The van der Waals surface area contributed by atoms with Gasteiger partial charge in [-0.05, 0) is 18.2 Å². The Morgan fingerprint density at radius 1 is 1.50 bits per heavy atom. The summed E-state index contributed by atoms with van der Waals surface area (Å²) < 4.78 is 5.35. The summed E-state index contributed by atoms with van der Waals surface area (Å²) in [5.74, 6) is 7.12. The van der Waals surface area contributed by atoms with E-state index in [-0.39, 0.29) is 0 Å². The summed E-state index contributed by atoms with van der Waals surface area (Å²) in [4.78, 5) is 4.23. The average molecular weight is 203 g/mol. The molecule has 0 unspecified atom stereocenters. The highest BCUT2D eigenvalue weighted by Crippen LogP contribution is 2.15. The summed E-state index contributed by atoms with van der Waals surface area (Å²) in [7, 11) is 0. The second-order valence-corrected chi connectivity index (χ2v) is 3.19. The van der Waals surface area contributed by atoms with Crippen molar-refractivity contribution in [3.8, 4) is 11.8 Å². The largest absolute Gasteiger partial charge is 0.441 e. The molecule has 0 radical (unpaired) electrons. The van der Waals surface area contributed by atoms with Crippen LogP contribution in [0.5, 0.6) is 0 Å². The molecule has 0 amide bonds. The number of aryl methyl sites for hydroxylation is 1. The molecule has 0 aliphatic heterocycles. The van der Waals surface area contributed by atoms with Crippen LogP contribution in [0.1, 0.15) is 11.5 Å². The molecule has 0 spiro atoms. The summed E-state index contributed by atoms with van der Waals surface area (Å²) in [6.45, 7) is 1.83. The van der Waals surface area contributed by atoms with Crippen molar-refractivity contribution in [2.75, 3.05) is 5.75 Å². The van der Waals surface area contributed by atoms with Crippen molar-refractivity contribution in [2.24, 2.45) is 0 Å². The van der Waals surface area contributed by atoms with Gasteiger partial charge in [-0.3, -0.25) is 0 Å². The summed E-state index contributed by atoms with van der Waals surface area (Å²) in [6.07, 6.45) is 0. The van der Waals surface area contributed by atoms with Crippen molar-refractivity contribution in [1.82, 2.24) is 4.98 Å². The zero-order chi connectivity index (χ0) is 9.97. The fourth-order valence-electron chi connectivity index (χ4n) is 1.26. The van der Waals surface area contributed by atoms with E-state index in [1.807, 2.05) is 25.1 Å². The highest BCUT2D eigenvalue weighted by Gasteiger charge is 2.01. The topological polar surface area (TPSA) is 26.0 Å². The van der Waals surface area contributed by atoms with Gasteiger partial charge in [0, 0.05) is 12.5 Å². The molecular formula is C11H9NOS. The van der Waals surface area contributed by atoms with E-state index in [1.165, 1.54) is 0 Å². The molecule has 14 heavy (non-hydrogen) atoms. The molecule has 0 bridgehead atoms. The molecule has 1 aromatic heterocycles. The molecular weight excluding hydrogens is 194 g/mol. The molecule has 0 saturated heterocycles. The summed E-state index contributed by atoms with van der Waals surface area (Å²) >= 11 is 4.02. The molecule has 2 aromatic rings. The van der Waals surface area contributed by atoms with Gasteiger partial charge < -0.3 is 4.42 Å². The van der Waals surface area contributed by atoms with Gasteiger partial charge in [0.25, 0.3) is 0 Å². The lowest BCUT2D eigenvalue weighted by Crippen LogP contribution is -1.75. The van der Waals surface area contributed by atoms with Gasteiger partial charge in [0.1, 0.15) is 5.52 Å². The van der Waals surface area contributed by atoms with Gasteiger partial charge in [0.2, 0.25) is 0 Å². The van der Waals surface area contributed by atoms with Crippen LogP contribution in [0.2, 0.25) is 0 Å². The first-order valence-corrected chi connectivity index (χ1v) is 4.90. The predicted molar refractivity (Wildman–Crippen MR) is 59.5 cm³/mol. The van der Waals surface area contributed by atoms with Gasteiger partial charge in [-0.15, -0.1) is 0 Å². The molecule has 3 heteroatoms. The maximum absolute atomic E-state index is 5.35. The van der Waals surface area contributed by atoms with E-state index in [0.29, 0.717) is 11.6 Å². The minimum Gasteiger partial charge on any atom is -0.441 e. The number of hydrogen-bond acceptors (Lipinski definition) is 3. The van der Waals surface area contributed by atoms with Crippen LogP contribution < -0.4 is 0 Å². The number of aromatic nitrogens is 1. The van der Waals surface area contributed by atoms with E-state index < -0.39 is 0 Å². The zero-order valence-electron chi connectivity index (χ0n) is 7.74. The zero-order valence-corrected chi connectivity index (χ0v) is 8.64. The van der Waals surface area contributed by atoms with E-state index in [1.54, 1.807) is 0 Å². The molecule has 0 aliphatic carbocycles. The Balaban J connectivity index is 2.50. The number of rotatable bonds is 0. The van der Waals surface area contributed by atoms with Crippen molar-refractivity contribution >= 4 is 23.7 Å². The van der Waals surface area contributed by atoms with Gasteiger partial charge in [-0.2, -0.15) is 12.6 Å². The van der Waals surface area contributed by atoms with E-state index in [9.17, 15) is 0 Å². The Kier molecular flexibility index (Phi) is 2.47. The molecule has 0 aliphatic rings. The van der Waals surface area contributed by atoms with Crippen LogP contribution in [0.3, 0.4) is 0 Å². The fourth-order valence-corrected chi connectivity index (χ4v) is 1.34. The number of benzene rings is 1. The predicted octanol–water partition coefficient (Wildman–Crippen LogP) is 2.42. The van der Waals surface area contributed by atoms with Crippen LogP contribution >= 0.6 is 12.6 Å². The fraction of sp³-hybridized carbons (Fsp3) is 0.182. The Morgan fingerprint density at radius 3 is 3.14 bits per heavy atom. The third-order valence-electron chi connectivity index (χ3n) is 1.81. The number of nitrogens with zero attached hydrogens (tertiary/aromatic N) is 1. The van der Waals surface area contributed by atoms with Crippen LogP contribution in [-0.4, -0.2) is 10.7 Å². The molecule has 1 aromatic carbocycles. The SMILES string of the molecule is Cc1nc2cc(C#CCS)ccc2o1. The molecule has 2 rings (SSSR count).